The van der Waals surface area contributed by atoms with E-state index in [0.717, 1.165) is 68.1 Å². The third kappa shape index (κ3) is 23.5. The first-order chi connectivity index (χ1) is 31.7. The number of benzene rings is 3. The van der Waals surface area contributed by atoms with Gasteiger partial charge in [-0.25, -0.2) is 0 Å². The minimum Gasteiger partial charge on any atom is -0.493 e. The second-order valence-corrected chi connectivity index (χ2v) is 22.6. The third-order valence-corrected chi connectivity index (χ3v) is 13.3. The molecule has 11 heteroatoms. The highest BCUT2D eigenvalue weighted by Gasteiger charge is 2.40. The van der Waals surface area contributed by atoms with Gasteiger partial charge in [-0.1, -0.05) is 62.7 Å². The minimum atomic E-state index is -0.943. The number of hydrogen-bond acceptors (Lipinski definition) is 11. The maximum absolute atomic E-state index is 10.9. The van der Waals surface area contributed by atoms with E-state index in [1.807, 2.05) is 98.8 Å². The van der Waals surface area contributed by atoms with Crippen LogP contribution >= 0.6 is 0 Å². The quantitative estimate of drug-likeness (QED) is 0.0482. The van der Waals surface area contributed by atoms with Gasteiger partial charge in [-0.05, 0) is 151 Å². The van der Waals surface area contributed by atoms with Gasteiger partial charge in [0.15, 0.2) is 0 Å². The molecule has 0 fully saturated rings. The normalized spacial score (nSPS) is 14.1. The fraction of sp³-hybridized carbons (Fsp3) is 0.684. The molecule has 0 spiro atoms. The summed E-state index contributed by atoms with van der Waals surface area (Å²) in [7, 11) is 0. The van der Waals surface area contributed by atoms with Crippen molar-refractivity contribution in [2.45, 2.75) is 169 Å². The van der Waals surface area contributed by atoms with Crippen LogP contribution in [-0.2, 0) is 18.9 Å². The zero-order valence-corrected chi connectivity index (χ0v) is 44.7. The fourth-order valence-corrected chi connectivity index (χ4v) is 7.10. The number of aliphatic hydroxyl groups is 2. The van der Waals surface area contributed by atoms with Crippen LogP contribution in [0.4, 0.5) is 0 Å². The van der Waals surface area contributed by atoms with E-state index in [9.17, 15) is 10.2 Å². The summed E-state index contributed by atoms with van der Waals surface area (Å²) >= 11 is 0. The number of para-hydroxylation sites is 2. The second kappa shape index (κ2) is 27.3. The zero-order valence-electron chi connectivity index (χ0n) is 44.7. The standard InChI is InChI=1S/C57H93NO10/c1-51(2,57(13,14)68-43-46(56(11,12)60)41-64-48-27-19-16-20-28-48)31-21-22-35-65-52(3,4)32-37-61-49-29-23-30-50(39-49)62-38-33-53(5,6)66-36-24-34-58-44-54(7,8)67-42-45(55(9,10)59)40-63-47-25-17-15-18-26-47/h15-20,23,25-30,39,45-46,58-60H,21-22,24,31-38,40-44H2,1-14H3. The van der Waals surface area contributed by atoms with Crippen LogP contribution in [0.5, 0.6) is 23.0 Å². The topological polar surface area (TPSA) is 126 Å². The van der Waals surface area contributed by atoms with Crippen LogP contribution in [0.3, 0.4) is 0 Å². The van der Waals surface area contributed by atoms with Crippen molar-refractivity contribution in [1.82, 2.24) is 5.32 Å². The van der Waals surface area contributed by atoms with Gasteiger partial charge in [0.1, 0.15) is 23.0 Å². The highest BCUT2D eigenvalue weighted by molar-refractivity contribution is 5.33. The molecule has 0 saturated heterocycles. The second-order valence-electron chi connectivity index (χ2n) is 22.6. The molecule has 0 saturated carbocycles. The number of nitrogens with one attached hydrogen (secondary N) is 1. The molecule has 3 rings (SSSR count). The molecular weight excluding hydrogens is 859 g/mol. The monoisotopic (exact) mass is 952 g/mol. The molecular formula is C57H93NO10. The van der Waals surface area contributed by atoms with Crippen molar-refractivity contribution in [3.8, 4) is 23.0 Å². The van der Waals surface area contributed by atoms with Crippen LogP contribution in [0.2, 0.25) is 0 Å². The average Bonchev–Trinajstić information content (AvgIpc) is 3.24. The van der Waals surface area contributed by atoms with Gasteiger partial charge < -0.3 is 53.4 Å². The van der Waals surface area contributed by atoms with Crippen LogP contribution in [0.15, 0.2) is 84.9 Å². The Morgan fingerprint density at radius 1 is 0.426 bits per heavy atom. The van der Waals surface area contributed by atoms with Gasteiger partial charge in [-0.15, -0.1) is 0 Å². The Morgan fingerprint density at radius 3 is 1.34 bits per heavy atom. The lowest BCUT2D eigenvalue weighted by Gasteiger charge is -2.43. The van der Waals surface area contributed by atoms with Gasteiger partial charge >= 0.3 is 0 Å². The number of rotatable bonds is 36. The minimum absolute atomic E-state index is 0.0944. The highest BCUT2D eigenvalue weighted by Crippen LogP contribution is 2.39. The first kappa shape index (κ1) is 58.9. The molecule has 11 nitrogen and oxygen atoms in total. The smallest absolute Gasteiger partial charge is 0.122 e. The molecule has 2 unspecified atom stereocenters. The molecule has 0 heterocycles. The average molecular weight is 952 g/mol. The molecule has 0 aromatic heterocycles. The van der Waals surface area contributed by atoms with E-state index in [1.54, 1.807) is 13.8 Å². The molecule has 386 valence electrons. The van der Waals surface area contributed by atoms with Gasteiger partial charge in [0.25, 0.3) is 0 Å². The summed E-state index contributed by atoms with van der Waals surface area (Å²) in [4.78, 5) is 0. The maximum Gasteiger partial charge on any atom is 0.122 e. The van der Waals surface area contributed by atoms with Gasteiger partial charge in [0, 0.05) is 50.5 Å². The van der Waals surface area contributed by atoms with Crippen LogP contribution in [0.1, 0.15) is 135 Å². The van der Waals surface area contributed by atoms with E-state index in [0.29, 0.717) is 59.4 Å². The molecule has 0 aliphatic heterocycles. The molecule has 0 radical (unpaired) electrons. The van der Waals surface area contributed by atoms with Gasteiger partial charge in [-0.2, -0.15) is 0 Å². The van der Waals surface area contributed by atoms with Crippen LogP contribution in [0.25, 0.3) is 0 Å². The van der Waals surface area contributed by atoms with Gasteiger partial charge in [0.05, 0.1) is 73.2 Å². The molecule has 0 amide bonds. The maximum atomic E-state index is 10.9. The van der Waals surface area contributed by atoms with Crippen molar-refractivity contribution in [2.75, 3.05) is 65.9 Å². The van der Waals surface area contributed by atoms with Crippen molar-refractivity contribution < 1.29 is 48.1 Å². The lowest BCUT2D eigenvalue weighted by atomic mass is 9.73. The molecule has 68 heavy (non-hydrogen) atoms. The Kier molecular flexibility index (Phi) is 23.6. The summed E-state index contributed by atoms with van der Waals surface area (Å²) in [5, 5.41) is 25.2. The number of unbranched alkanes of at least 4 members (excludes halogenated alkanes) is 1. The number of ether oxygens (including phenoxy) is 8. The summed E-state index contributed by atoms with van der Waals surface area (Å²) in [6, 6.07) is 27.2. The van der Waals surface area contributed by atoms with E-state index >= 15 is 0 Å². The van der Waals surface area contributed by atoms with Crippen molar-refractivity contribution in [3.63, 3.8) is 0 Å². The number of hydrogen-bond donors (Lipinski definition) is 3. The summed E-state index contributed by atoms with van der Waals surface area (Å²) in [6.07, 6.45) is 5.31. The Balaban J connectivity index is 1.27. The van der Waals surface area contributed by atoms with E-state index in [-0.39, 0.29) is 28.5 Å². The predicted molar refractivity (Wildman–Crippen MR) is 275 cm³/mol. The summed E-state index contributed by atoms with van der Waals surface area (Å²) in [5.41, 5.74) is -3.46. The van der Waals surface area contributed by atoms with Crippen molar-refractivity contribution in [2.24, 2.45) is 17.3 Å². The molecule has 3 aromatic rings. The van der Waals surface area contributed by atoms with E-state index < -0.39 is 22.4 Å². The summed E-state index contributed by atoms with van der Waals surface area (Å²) in [5.74, 6) is 2.74. The lowest BCUT2D eigenvalue weighted by Crippen LogP contribution is -2.46. The van der Waals surface area contributed by atoms with Crippen molar-refractivity contribution in [1.29, 1.82) is 0 Å². The molecule has 0 aliphatic rings. The molecule has 0 bridgehead atoms. The Labute approximate surface area is 412 Å². The van der Waals surface area contributed by atoms with E-state index in [1.165, 1.54) is 0 Å². The lowest BCUT2D eigenvalue weighted by molar-refractivity contribution is -0.139. The molecule has 2 atom stereocenters. The Hall–Kier alpha value is -3.42. The van der Waals surface area contributed by atoms with Crippen molar-refractivity contribution in [3.05, 3.63) is 84.9 Å². The van der Waals surface area contributed by atoms with Gasteiger partial charge in [0.2, 0.25) is 0 Å². The molecule has 0 aliphatic carbocycles. The molecule has 3 N–H and O–H groups in total. The summed E-state index contributed by atoms with van der Waals surface area (Å²) in [6.45, 7) is 34.0. The highest BCUT2D eigenvalue weighted by atomic mass is 16.5. The fourth-order valence-electron chi connectivity index (χ4n) is 7.10. The first-order valence-corrected chi connectivity index (χ1v) is 25.1. The van der Waals surface area contributed by atoms with Crippen LogP contribution < -0.4 is 24.3 Å². The Morgan fingerprint density at radius 2 is 0.868 bits per heavy atom. The third-order valence-electron chi connectivity index (χ3n) is 13.3. The van der Waals surface area contributed by atoms with Gasteiger partial charge in [-0.3, -0.25) is 0 Å². The summed E-state index contributed by atoms with van der Waals surface area (Å²) < 4.78 is 49.7. The van der Waals surface area contributed by atoms with Crippen molar-refractivity contribution >= 4 is 0 Å². The van der Waals surface area contributed by atoms with E-state index in [4.69, 9.17) is 37.9 Å². The molecule has 3 aromatic carbocycles. The SMILES string of the molecule is CC(C)(CCOc1cccc(OCCC(C)(C)OCCCNCC(C)(C)OCC(COc2ccccc2)C(C)(C)O)c1)OCCCCC(C)(C)C(C)(C)OCC(COc1ccccc1)C(C)(C)O. The first-order valence-electron chi connectivity index (χ1n) is 25.1. The largest absolute Gasteiger partial charge is 0.493 e. The predicted octanol–water partition coefficient (Wildman–Crippen LogP) is 11.5. The van der Waals surface area contributed by atoms with Crippen LogP contribution in [0, 0.1) is 17.3 Å². The van der Waals surface area contributed by atoms with E-state index in [2.05, 4.69) is 74.6 Å². The van der Waals surface area contributed by atoms with Crippen LogP contribution in [-0.4, -0.2) is 110 Å². The Bertz CT molecular complexity index is 1800. The zero-order chi connectivity index (χ0) is 50.5.